The smallest absolute Gasteiger partial charge is 0.325 e. The molecule has 2 amide bonds. The molecule has 0 aromatic heterocycles. The second-order valence-corrected chi connectivity index (χ2v) is 10.3. The normalized spacial score (nSPS) is 27.7. The zero-order chi connectivity index (χ0) is 25.1. The SMILES string of the molecule is CC(C)(C)N1C(=O)C2C(c3ccc4c(c3)OCCO4)NC(Cc3ccc(O)cc3)(C(=O)O)C2C1=O. The highest BCUT2D eigenvalue weighted by atomic mass is 16.6. The third-order valence-corrected chi connectivity index (χ3v) is 7.05. The number of carbonyl (C=O) groups is 3. The maximum absolute atomic E-state index is 13.7. The average molecular weight is 481 g/mol. The van der Waals surface area contributed by atoms with Gasteiger partial charge in [-0.25, -0.2) is 0 Å². The second kappa shape index (κ2) is 7.98. The Kier molecular flexibility index (Phi) is 5.28. The van der Waals surface area contributed by atoms with Gasteiger partial charge in [-0.05, 0) is 56.2 Å². The third kappa shape index (κ3) is 3.61. The topological polar surface area (TPSA) is 125 Å². The molecule has 2 aromatic carbocycles. The predicted molar refractivity (Wildman–Crippen MR) is 124 cm³/mol. The van der Waals surface area contributed by atoms with E-state index >= 15 is 0 Å². The van der Waals surface area contributed by atoms with Gasteiger partial charge in [-0.3, -0.25) is 24.6 Å². The van der Waals surface area contributed by atoms with Crippen molar-refractivity contribution in [3.63, 3.8) is 0 Å². The van der Waals surface area contributed by atoms with Gasteiger partial charge < -0.3 is 19.7 Å². The molecule has 3 aliphatic heterocycles. The van der Waals surface area contributed by atoms with Gasteiger partial charge in [0.25, 0.3) is 0 Å². The van der Waals surface area contributed by atoms with Crippen LogP contribution in [0.4, 0.5) is 0 Å². The summed E-state index contributed by atoms with van der Waals surface area (Å²) in [5.41, 5.74) is -1.27. The fourth-order valence-corrected chi connectivity index (χ4v) is 5.57. The number of aliphatic carboxylic acids is 1. The zero-order valence-corrected chi connectivity index (χ0v) is 19.8. The molecule has 0 spiro atoms. The lowest BCUT2D eigenvalue weighted by Gasteiger charge is -2.35. The number of carboxylic acid groups (broad SMARTS) is 1. The number of ether oxygens (including phenoxy) is 2. The van der Waals surface area contributed by atoms with E-state index in [1.807, 2.05) is 0 Å². The van der Waals surface area contributed by atoms with Crippen LogP contribution >= 0.6 is 0 Å². The fourth-order valence-electron chi connectivity index (χ4n) is 5.57. The molecule has 0 aliphatic carbocycles. The second-order valence-electron chi connectivity index (χ2n) is 10.3. The Bertz CT molecular complexity index is 1200. The first-order chi connectivity index (χ1) is 16.5. The number of carboxylic acids is 1. The van der Waals surface area contributed by atoms with Crippen molar-refractivity contribution in [2.45, 2.75) is 44.3 Å². The van der Waals surface area contributed by atoms with E-state index in [4.69, 9.17) is 9.47 Å². The lowest BCUT2D eigenvalue weighted by molar-refractivity contribution is -0.153. The monoisotopic (exact) mass is 480 g/mol. The van der Waals surface area contributed by atoms with E-state index < -0.39 is 46.7 Å². The zero-order valence-electron chi connectivity index (χ0n) is 19.8. The molecule has 184 valence electrons. The first-order valence-corrected chi connectivity index (χ1v) is 11.6. The number of fused-ring (bicyclic) bond motifs is 2. The van der Waals surface area contributed by atoms with Gasteiger partial charge in [-0.15, -0.1) is 0 Å². The van der Waals surface area contributed by atoms with Gasteiger partial charge in [0, 0.05) is 18.0 Å². The lowest BCUT2D eigenvalue weighted by Crippen LogP contribution is -2.58. The number of hydrogen-bond donors (Lipinski definition) is 3. The summed E-state index contributed by atoms with van der Waals surface area (Å²) in [7, 11) is 0. The van der Waals surface area contributed by atoms with Crippen LogP contribution in [0, 0.1) is 11.8 Å². The lowest BCUT2D eigenvalue weighted by atomic mass is 9.76. The Hall–Kier alpha value is -3.59. The standard InChI is InChI=1S/C26H28N2O7/c1-25(2,3)28-22(30)19-20(23(28)31)26(24(32)33,13-14-4-7-16(29)8-5-14)27-21(19)15-6-9-17-18(12-15)35-11-10-34-17/h4-9,12,19-21,27,29H,10-11,13H2,1-3H3,(H,32,33). The molecular formula is C26H28N2O7. The van der Waals surface area contributed by atoms with Crippen molar-refractivity contribution in [1.29, 1.82) is 0 Å². The molecule has 35 heavy (non-hydrogen) atoms. The van der Waals surface area contributed by atoms with E-state index in [-0.39, 0.29) is 12.2 Å². The van der Waals surface area contributed by atoms with Gasteiger partial charge in [-0.2, -0.15) is 0 Å². The van der Waals surface area contributed by atoms with E-state index in [2.05, 4.69) is 5.32 Å². The molecule has 3 N–H and O–H groups in total. The maximum Gasteiger partial charge on any atom is 0.325 e. The Balaban J connectivity index is 1.64. The van der Waals surface area contributed by atoms with Crippen LogP contribution in [-0.2, 0) is 20.8 Å². The third-order valence-electron chi connectivity index (χ3n) is 7.05. The molecule has 0 bridgehead atoms. The van der Waals surface area contributed by atoms with E-state index in [0.717, 1.165) is 0 Å². The summed E-state index contributed by atoms with van der Waals surface area (Å²) in [6, 6.07) is 10.7. The number of carbonyl (C=O) groups excluding carboxylic acids is 2. The van der Waals surface area contributed by atoms with Crippen LogP contribution in [0.2, 0.25) is 0 Å². The molecular weight excluding hydrogens is 452 g/mol. The molecule has 4 atom stereocenters. The van der Waals surface area contributed by atoms with Crippen molar-refractivity contribution in [2.75, 3.05) is 13.2 Å². The quantitative estimate of drug-likeness (QED) is 0.569. The van der Waals surface area contributed by atoms with Gasteiger partial charge in [0.15, 0.2) is 11.5 Å². The van der Waals surface area contributed by atoms with Crippen molar-refractivity contribution >= 4 is 17.8 Å². The Morgan fingerprint density at radius 3 is 2.34 bits per heavy atom. The van der Waals surface area contributed by atoms with Crippen LogP contribution in [-0.4, -0.2) is 57.2 Å². The first-order valence-electron chi connectivity index (χ1n) is 11.6. The summed E-state index contributed by atoms with van der Waals surface area (Å²) in [4.78, 5) is 41.6. The van der Waals surface area contributed by atoms with Crippen molar-refractivity contribution < 1.29 is 34.1 Å². The van der Waals surface area contributed by atoms with Crippen molar-refractivity contribution in [3.8, 4) is 17.2 Å². The number of aromatic hydroxyl groups is 1. The van der Waals surface area contributed by atoms with E-state index in [9.17, 15) is 24.6 Å². The summed E-state index contributed by atoms with van der Waals surface area (Å²) in [6.07, 6.45) is -0.0398. The number of rotatable bonds is 4. The molecule has 3 aliphatic rings. The number of imide groups is 1. The summed E-state index contributed by atoms with van der Waals surface area (Å²) in [6.45, 7) is 6.10. The van der Waals surface area contributed by atoms with Gasteiger partial charge in [0.1, 0.15) is 24.5 Å². The minimum atomic E-state index is -1.73. The molecule has 3 heterocycles. The van der Waals surface area contributed by atoms with Gasteiger partial charge in [-0.1, -0.05) is 18.2 Å². The van der Waals surface area contributed by atoms with Crippen molar-refractivity contribution in [2.24, 2.45) is 11.8 Å². The molecule has 2 saturated heterocycles. The van der Waals surface area contributed by atoms with E-state index in [0.29, 0.717) is 35.8 Å². The number of nitrogens with zero attached hydrogens (tertiary/aromatic N) is 1. The highest BCUT2D eigenvalue weighted by molar-refractivity contribution is 6.10. The van der Waals surface area contributed by atoms with E-state index in [1.165, 1.54) is 17.0 Å². The molecule has 5 rings (SSSR count). The van der Waals surface area contributed by atoms with Crippen LogP contribution in [0.15, 0.2) is 42.5 Å². The number of phenols is 1. The molecule has 2 fully saturated rings. The van der Waals surface area contributed by atoms with Crippen LogP contribution < -0.4 is 14.8 Å². The van der Waals surface area contributed by atoms with Crippen LogP contribution in [0.3, 0.4) is 0 Å². The van der Waals surface area contributed by atoms with Gasteiger partial charge in [0.05, 0.1) is 11.8 Å². The fraction of sp³-hybridized carbons (Fsp3) is 0.423. The summed E-state index contributed by atoms with van der Waals surface area (Å²) in [5, 5.41) is 23.4. The molecule has 2 aromatic rings. The number of hydrogen-bond acceptors (Lipinski definition) is 7. The minimum Gasteiger partial charge on any atom is -0.508 e. The Labute approximate surface area is 202 Å². The molecule has 0 radical (unpaired) electrons. The van der Waals surface area contributed by atoms with E-state index in [1.54, 1.807) is 51.1 Å². The van der Waals surface area contributed by atoms with Gasteiger partial charge >= 0.3 is 5.97 Å². The number of likely N-dealkylation sites (tertiary alicyclic amines) is 1. The van der Waals surface area contributed by atoms with Gasteiger partial charge in [0.2, 0.25) is 11.8 Å². The Morgan fingerprint density at radius 1 is 1.06 bits per heavy atom. The number of nitrogens with one attached hydrogen (secondary N) is 1. The molecule has 4 unspecified atom stereocenters. The largest absolute Gasteiger partial charge is 0.508 e. The molecule has 9 nitrogen and oxygen atoms in total. The Morgan fingerprint density at radius 2 is 1.71 bits per heavy atom. The van der Waals surface area contributed by atoms with Crippen LogP contribution in [0.25, 0.3) is 0 Å². The van der Waals surface area contributed by atoms with Crippen LogP contribution in [0.5, 0.6) is 17.2 Å². The highest BCUT2D eigenvalue weighted by Gasteiger charge is 2.69. The molecule has 0 saturated carbocycles. The first kappa shape index (κ1) is 23.2. The summed E-state index contributed by atoms with van der Waals surface area (Å²) < 4.78 is 11.3. The number of phenolic OH excluding ortho intramolecular Hbond substituents is 1. The average Bonchev–Trinajstić information content (AvgIpc) is 3.29. The highest BCUT2D eigenvalue weighted by Crippen LogP contribution is 2.52. The van der Waals surface area contributed by atoms with Crippen molar-refractivity contribution in [1.82, 2.24) is 10.2 Å². The summed E-state index contributed by atoms with van der Waals surface area (Å²) >= 11 is 0. The molecule has 9 heteroatoms. The number of benzene rings is 2. The summed E-state index contributed by atoms with van der Waals surface area (Å²) in [5.74, 6) is -2.98. The van der Waals surface area contributed by atoms with Crippen molar-refractivity contribution in [3.05, 3.63) is 53.6 Å². The minimum absolute atomic E-state index is 0.0398. The number of amides is 2. The predicted octanol–water partition coefficient (Wildman–Crippen LogP) is 2.27. The maximum atomic E-state index is 13.7. The van der Waals surface area contributed by atoms with Crippen LogP contribution in [0.1, 0.15) is 37.9 Å².